The molecule has 0 fully saturated rings. The summed E-state index contributed by atoms with van der Waals surface area (Å²) in [5.74, 6) is 0. The van der Waals surface area contributed by atoms with E-state index in [9.17, 15) is 0 Å². The zero-order chi connectivity index (χ0) is 11.9. The molecule has 0 unspecified atom stereocenters. The van der Waals surface area contributed by atoms with Crippen LogP contribution in [-0.4, -0.2) is 8.07 Å². The van der Waals surface area contributed by atoms with Gasteiger partial charge in [-0.1, -0.05) is 53.7 Å². The Labute approximate surface area is 100 Å². The summed E-state index contributed by atoms with van der Waals surface area (Å²) < 4.78 is 0. The zero-order valence-electron chi connectivity index (χ0n) is 9.73. The van der Waals surface area contributed by atoms with E-state index in [4.69, 9.17) is 0 Å². The highest BCUT2D eigenvalue weighted by Crippen LogP contribution is 2.20. The molecule has 0 aromatic heterocycles. The van der Waals surface area contributed by atoms with Gasteiger partial charge in [-0.05, 0) is 18.1 Å². The summed E-state index contributed by atoms with van der Waals surface area (Å²) in [6, 6.07) is 15.0. The van der Waals surface area contributed by atoms with Crippen LogP contribution in [0.1, 0.15) is 0 Å². The van der Waals surface area contributed by atoms with Gasteiger partial charge in [-0.2, -0.15) is 0 Å². The lowest BCUT2D eigenvalue weighted by molar-refractivity contribution is 1.45. The lowest BCUT2D eigenvalue weighted by Crippen LogP contribution is -2.47. The molecule has 0 aliphatic heterocycles. The molecule has 0 saturated heterocycles. The van der Waals surface area contributed by atoms with Crippen molar-refractivity contribution in [1.29, 1.82) is 0 Å². The quantitative estimate of drug-likeness (QED) is 0.493. The summed E-state index contributed by atoms with van der Waals surface area (Å²) in [4.78, 5) is 0. The van der Waals surface area contributed by atoms with E-state index >= 15 is 0 Å². The lowest BCUT2D eigenvalue weighted by atomic mass is 10.4. The fourth-order valence-electron chi connectivity index (χ4n) is 2.06. The molecule has 0 amide bonds. The molecule has 1 aromatic rings. The van der Waals surface area contributed by atoms with E-state index in [0.717, 1.165) is 12.1 Å². The minimum absolute atomic E-state index is 1.04. The SMILES string of the molecule is C=C[CH][Si](CC=C)(CC=C)c1ccccc1. The highest BCUT2D eigenvalue weighted by Gasteiger charge is 2.30. The maximum absolute atomic E-state index is 3.88. The first kappa shape index (κ1) is 12.7. The normalized spacial score (nSPS) is 10.8. The number of hydrogen-bond acceptors (Lipinski definition) is 0. The fraction of sp³-hybridized carbons (Fsp3) is 0.133. The number of rotatable bonds is 7. The molecule has 0 N–H and O–H groups in total. The Morgan fingerprint density at radius 2 is 1.50 bits per heavy atom. The fourth-order valence-corrected chi connectivity index (χ4v) is 5.50. The molecule has 0 nitrogen and oxygen atoms in total. The highest BCUT2D eigenvalue weighted by molar-refractivity contribution is 6.95. The van der Waals surface area contributed by atoms with Crippen molar-refractivity contribution in [1.82, 2.24) is 0 Å². The van der Waals surface area contributed by atoms with Crippen LogP contribution in [0.4, 0.5) is 0 Å². The minimum atomic E-state index is -1.65. The molecule has 16 heavy (non-hydrogen) atoms. The summed E-state index contributed by atoms with van der Waals surface area (Å²) in [7, 11) is -1.65. The Balaban J connectivity index is 3.13. The van der Waals surface area contributed by atoms with Crippen molar-refractivity contribution in [2.24, 2.45) is 0 Å². The van der Waals surface area contributed by atoms with Crippen molar-refractivity contribution < 1.29 is 0 Å². The van der Waals surface area contributed by atoms with Crippen molar-refractivity contribution in [3.63, 3.8) is 0 Å². The van der Waals surface area contributed by atoms with Crippen molar-refractivity contribution in [3.8, 4) is 0 Å². The Kier molecular flexibility index (Phi) is 5.00. The molecule has 0 aliphatic rings. The Morgan fingerprint density at radius 1 is 0.938 bits per heavy atom. The molecule has 0 saturated carbocycles. The Hall–Kier alpha value is -1.34. The monoisotopic (exact) mass is 227 g/mol. The number of benzene rings is 1. The first-order valence-corrected chi connectivity index (χ1v) is 8.02. The van der Waals surface area contributed by atoms with Gasteiger partial charge in [0, 0.05) is 0 Å². The van der Waals surface area contributed by atoms with E-state index in [-0.39, 0.29) is 0 Å². The van der Waals surface area contributed by atoms with Crippen LogP contribution in [0.15, 0.2) is 68.3 Å². The predicted molar refractivity (Wildman–Crippen MR) is 76.3 cm³/mol. The topological polar surface area (TPSA) is 0 Å². The molecule has 83 valence electrons. The van der Waals surface area contributed by atoms with Gasteiger partial charge >= 0.3 is 0 Å². The van der Waals surface area contributed by atoms with Crippen molar-refractivity contribution in [2.45, 2.75) is 12.1 Å². The van der Waals surface area contributed by atoms with Gasteiger partial charge in [-0.25, -0.2) is 0 Å². The number of allylic oxidation sites excluding steroid dienone is 3. The van der Waals surface area contributed by atoms with E-state index in [1.807, 2.05) is 18.2 Å². The maximum Gasteiger partial charge on any atom is 0.101 e. The van der Waals surface area contributed by atoms with Gasteiger partial charge in [0.2, 0.25) is 0 Å². The molecule has 0 atom stereocenters. The first-order valence-electron chi connectivity index (χ1n) is 5.53. The summed E-state index contributed by atoms with van der Waals surface area (Å²) in [5, 5.41) is 1.43. The second-order valence-electron chi connectivity index (χ2n) is 3.91. The molecule has 1 radical (unpaired) electrons. The van der Waals surface area contributed by atoms with Crippen LogP contribution in [0.25, 0.3) is 0 Å². The van der Waals surface area contributed by atoms with Gasteiger partial charge in [-0.3, -0.25) is 0 Å². The predicted octanol–water partition coefficient (Wildman–Crippen LogP) is 3.64. The van der Waals surface area contributed by atoms with Crippen molar-refractivity contribution in [2.75, 3.05) is 0 Å². The molecular formula is C15H19Si. The molecule has 1 rings (SSSR count). The summed E-state index contributed by atoms with van der Waals surface area (Å²) in [5.41, 5.74) is 0. The zero-order valence-corrected chi connectivity index (χ0v) is 10.7. The molecule has 0 spiro atoms. The van der Waals surface area contributed by atoms with Crippen molar-refractivity contribution >= 4 is 13.3 Å². The molecule has 1 aromatic carbocycles. The molecule has 1 heteroatoms. The van der Waals surface area contributed by atoms with E-state index in [0.29, 0.717) is 0 Å². The van der Waals surface area contributed by atoms with Crippen LogP contribution < -0.4 is 5.19 Å². The van der Waals surface area contributed by atoms with Gasteiger partial charge < -0.3 is 0 Å². The van der Waals surface area contributed by atoms with Crippen LogP contribution in [0, 0.1) is 6.04 Å². The second kappa shape index (κ2) is 6.29. The molecule has 0 aliphatic carbocycles. The van der Waals surface area contributed by atoms with Crippen LogP contribution in [0.3, 0.4) is 0 Å². The highest BCUT2D eigenvalue weighted by atomic mass is 28.3. The molecule has 0 bridgehead atoms. The molecular weight excluding hydrogens is 208 g/mol. The summed E-state index contributed by atoms with van der Waals surface area (Å²) in [6.45, 7) is 11.6. The van der Waals surface area contributed by atoms with Crippen LogP contribution in [0.5, 0.6) is 0 Å². The van der Waals surface area contributed by atoms with E-state index < -0.39 is 8.07 Å². The van der Waals surface area contributed by atoms with Crippen molar-refractivity contribution in [3.05, 3.63) is 74.3 Å². The summed E-state index contributed by atoms with van der Waals surface area (Å²) in [6.07, 6.45) is 5.96. The number of hydrogen-bond donors (Lipinski definition) is 0. The van der Waals surface area contributed by atoms with Gasteiger partial charge in [-0.15, -0.1) is 19.7 Å². The second-order valence-corrected chi connectivity index (χ2v) is 7.95. The van der Waals surface area contributed by atoms with E-state index in [1.165, 1.54) is 5.19 Å². The third-order valence-corrected chi connectivity index (χ3v) is 7.19. The maximum atomic E-state index is 3.88. The van der Waals surface area contributed by atoms with Gasteiger partial charge in [0.05, 0.1) is 0 Å². The third-order valence-electron chi connectivity index (χ3n) is 2.80. The average Bonchev–Trinajstić information content (AvgIpc) is 2.31. The van der Waals surface area contributed by atoms with Gasteiger partial charge in [0.15, 0.2) is 0 Å². The third kappa shape index (κ3) is 2.83. The van der Waals surface area contributed by atoms with Crippen LogP contribution >= 0.6 is 0 Å². The van der Waals surface area contributed by atoms with E-state index in [2.05, 4.69) is 56.1 Å². The van der Waals surface area contributed by atoms with E-state index in [1.54, 1.807) is 0 Å². The first-order chi connectivity index (χ1) is 7.79. The van der Waals surface area contributed by atoms with Gasteiger partial charge in [0.1, 0.15) is 8.07 Å². The van der Waals surface area contributed by atoms with Crippen LogP contribution in [0.2, 0.25) is 12.1 Å². The smallest absolute Gasteiger partial charge is 0.101 e. The lowest BCUT2D eigenvalue weighted by Gasteiger charge is -2.28. The standard InChI is InChI=1S/C15H19Si/c1-4-12-16(13-5-2,14-6-3)15-10-8-7-9-11-15/h4-12H,1-3,13-14H2. The van der Waals surface area contributed by atoms with Gasteiger partial charge in [0.25, 0.3) is 0 Å². The Bertz CT molecular complexity index is 324. The average molecular weight is 227 g/mol. The molecule has 0 heterocycles. The Morgan fingerprint density at radius 3 is 1.94 bits per heavy atom. The largest absolute Gasteiger partial charge is 0.103 e. The summed E-state index contributed by atoms with van der Waals surface area (Å²) >= 11 is 0. The van der Waals surface area contributed by atoms with Crippen LogP contribution in [-0.2, 0) is 0 Å². The minimum Gasteiger partial charge on any atom is -0.103 e.